The fraction of sp³-hybridized carbons (Fsp3) is 0.167. The molecule has 1 rings (SSSR count). The molecule has 1 fully saturated rings. The molecule has 0 aliphatic carbocycles. The van der Waals surface area contributed by atoms with E-state index in [1.54, 1.807) is 0 Å². The Balaban J connectivity index is 2.80. The lowest BCUT2D eigenvalue weighted by molar-refractivity contribution is -0.132. The zero-order valence-corrected chi connectivity index (χ0v) is 5.96. The van der Waals surface area contributed by atoms with Gasteiger partial charge in [-0.25, -0.2) is 4.79 Å². The van der Waals surface area contributed by atoms with Crippen molar-refractivity contribution >= 4 is 17.8 Å². The third-order valence-corrected chi connectivity index (χ3v) is 1.20. The fourth-order valence-corrected chi connectivity index (χ4v) is 0.732. The standard InChI is InChI=1S/C6H6N2O4/c9-4-2-7-6(12)3(8-4)1-5(10)11/h1H,2H2,(H,7,12)(H,8,9)(H,10,11). The Morgan fingerprint density at radius 2 is 2.17 bits per heavy atom. The second-order valence-corrected chi connectivity index (χ2v) is 2.13. The summed E-state index contributed by atoms with van der Waals surface area (Å²) < 4.78 is 0. The van der Waals surface area contributed by atoms with E-state index in [2.05, 4.69) is 10.6 Å². The van der Waals surface area contributed by atoms with Crippen molar-refractivity contribution in [3.05, 3.63) is 11.8 Å². The Hall–Kier alpha value is -1.85. The smallest absolute Gasteiger partial charge is 0.330 e. The van der Waals surface area contributed by atoms with E-state index in [4.69, 9.17) is 5.11 Å². The number of piperazine rings is 1. The van der Waals surface area contributed by atoms with Crippen LogP contribution in [0, 0.1) is 0 Å². The second kappa shape index (κ2) is 3.04. The monoisotopic (exact) mass is 170 g/mol. The summed E-state index contributed by atoms with van der Waals surface area (Å²) in [5.74, 6) is -2.29. The first-order valence-corrected chi connectivity index (χ1v) is 3.12. The maximum Gasteiger partial charge on any atom is 0.330 e. The molecule has 0 aromatic heterocycles. The van der Waals surface area contributed by atoms with Gasteiger partial charge in [0.25, 0.3) is 5.91 Å². The lowest BCUT2D eigenvalue weighted by Crippen LogP contribution is -2.47. The van der Waals surface area contributed by atoms with E-state index in [1.165, 1.54) is 0 Å². The number of carbonyl (C=O) groups excluding carboxylic acids is 2. The summed E-state index contributed by atoms with van der Waals surface area (Å²) in [4.78, 5) is 31.6. The van der Waals surface area contributed by atoms with Crippen LogP contribution in [0.1, 0.15) is 0 Å². The molecule has 1 aliphatic heterocycles. The Morgan fingerprint density at radius 1 is 1.50 bits per heavy atom. The summed E-state index contributed by atoms with van der Waals surface area (Å²) in [5.41, 5.74) is -0.237. The zero-order valence-electron chi connectivity index (χ0n) is 5.96. The highest BCUT2D eigenvalue weighted by molar-refractivity contribution is 6.05. The topological polar surface area (TPSA) is 95.5 Å². The average Bonchev–Trinajstić information content (AvgIpc) is 1.96. The van der Waals surface area contributed by atoms with Crippen LogP contribution in [0.3, 0.4) is 0 Å². The summed E-state index contributed by atoms with van der Waals surface area (Å²) in [6, 6.07) is 0. The normalized spacial score (nSPS) is 20.2. The van der Waals surface area contributed by atoms with E-state index in [9.17, 15) is 14.4 Å². The molecule has 0 aromatic rings. The summed E-state index contributed by atoms with van der Waals surface area (Å²) in [7, 11) is 0. The largest absolute Gasteiger partial charge is 0.478 e. The van der Waals surface area contributed by atoms with Crippen LogP contribution >= 0.6 is 0 Å². The summed E-state index contributed by atoms with van der Waals surface area (Å²) in [5, 5.41) is 12.6. The van der Waals surface area contributed by atoms with Crippen LogP contribution in [-0.2, 0) is 14.4 Å². The number of rotatable bonds is 1. The minimum Gasteiger partial charge on any atom is -0.478 e. The highest BCUT2D eigenvalue weighted by Crippen LogP contribution is 1.93. The molecule has 2 amide bonds. The van der Waals surface area contributed by atoms with Gasteiger partial charge in [-0.05, 0) is 0 Å². The molecule has 6 nitrogen and oxygen atoms in total. The molecular weight excluding hydrogens is 164 g/mol. The van der Waals surface area contributed by atoms with Crippen molar-refractivity contribution in [3.8, 4) is 0 Å². The van der Waals surface area contributed by atoms with Gasteiger partial charge in [0.15, 0.2) is 0 Å². The predicted molar refractivity (Wildman–Crippen MR) is 36.9 cm³/mol. The van der Waals surface area contributed by atoms with Gasteiger partial charge in [0.05, 0.1) is 12.6 Å². The quantitative estimate of drug-likeness (QED) is 0.404. The van der Waals surface area contributed by atoms with Crippen molar-refractivity contribution in [2.24, 2.45) is 0 Å². The van der Waals surface area contributed by atoms with Gasteiger partial charge in [-0.3, -0.25) is 9.59 Å². The van der Waals surface area contributed by atoms with Gasteiger partial charge in [-0.15, -0.1) is 0 Å². The van der Waals surface area contributed by atoms with Crippen molar-refractivity contribution in [3.63, 3.8) is 0 Å². The highest BCUT2D eigenvalue weighted by Gasteiger charge is 2.19. The zero-order chi connectivity index (χ0) is 9.14. The van der Waals surface area contributed by atoms with E-state index < -0.39 is 17.8 Å². The van der Waals surface area contributed by atoms with E-state index in [0.29, 0.717) is 6.08 Å². The van der Waals surface area contributed by atoms with Crippen molar-refractivity contribution in [2.45, 2.75) is 0 Å². The molecule has 1 aliphatic rings. The SMILES string of the molecule is O=C(O)C=C1NC(=O)CNC1=O. The second-order valence-electron chi connectivity index (χ2n) is 2.13. The molecule has 0 bridgehead atoms. The van der Waals surface area contributed by atoms with Crippen LogP contribution in [0.25, 0.3) is 0 Å². The summed E-state index contributed by atoms with van der Waals surface area (Å²) >= 11 is 0. The minimum atomic E-state index is -1.28. The van der Waals surface area contributed by atoms with Gasteiger partial charge in [0, 0.05) is 0 Å². The number of carbonyl (C=O) groups is 3. The first-order chi connectivity index (χ1) is 5.59. The van der Waals surface area contributed by atoms with E-state index >= 15 is 0 Å². The van der Waals surface area contributed by atoms with Crippen LogP contribution in [0.2, 0.25) is 0 Å². The van der Waals surface area contributed by atoms with Crippen molar-refractivity contribution in [2.75, 3.05) is 6.54 Å². The lowest BCUT2D eigenvalue weighted by atomic mass is 10.3. The molecule has 0 saturated carbocycles. The average molecular weight is 170 g/mol. The molecule has 64 valence electrons. The predicted octanol–water partition coefficient (Wildman–Crippen LogP) is -1.80. The maximum atomic E-state index is 10.8. The maximum absolute atomic E-state index is 10.8. The highest BCUT2D eigenvalue weighted by atomic mass is 16.4. The summed E-state index contributed by atoms with van der Waals surface area (Å²) in [6.07, 6.45) is 0.645. The van der Waals surface area contributed by atoms with Crippen LogP contribution in [0.5, 0.6) is 0 Å². The number of hydrogen-bond donors (Lipinski definition) is 3. The first-order valence-electron chi connectivity index (χ1n) is 3.12. The van der Waals surface area contributed by atoms with Gasteiger partial charge in [0.1, 0.15) is 5.70 Å². The molecule has 3 N–H and O–H groups in total. The van der Waals surface area contributed by atoms with Crippen LogP contribution < -0.4 is 10.6 Å². The van der Waals surface area contributed by atoms with Crippen molar-refractivity contribution in [1.82, 2.24) is 10.6 Å². The Morgan fingerprint density at radius 3 is 2.75 bits per heavy atom. The Kier molecular flexibility index (Phi) is 2.09. The molecule has 0 aromatic carbocycles. The number of aliphatic carboxylic acids is 1. The number of carboxylic acids is 1. The molecule has 12 heavy (non-hydrogen) atoms. The first kappa shape index (κ1) is 8.25. The van der Waals surface area contributed by atoms with Crippen LogP contribution in [-0.4, -0.2) is 29.4 Å². The van der Waals surface area contributed by atoms with Gasteiger partial charge in [-0.1, -0.05) is 0 Å². The van der Waals surface area contributed by atoms with Gasteiger partial charge in [0.2, 0.25) is 5.91 Å². The minimum absolute atomic E-state index is 0.115. The molecule has 0 spiro atoms. The summed E-state index contributed by atoms with van der Waals surface area (Å²) in [6.45, 7) is -0.115. The Labute approximate surface area is 67.2 Å². The number of amides is 2. The van der Waals surface area contributed by atoms with E-state index in [0.717, 1.165) is 0 Å². The van der Waals surface area contributed by atoms with E-state index in [-0.39, 0.29) is 12.2 Å². The lowest BCUT2D eigenvalue weighted by Gasteiger charge is -2.14. The van der Waals surface area contributed by atoms with Crippen molar-refractivity contribution < 1.29 is 19.5 Å². The Bertz CT molecular complexity index is 281. The van der Waals surface area contributed by atoms with Crippen LogP contribution in [0.15, 0.2) is 11.8 Å². The number of nitrogens with one attached hydrogen (secondary N) is 2. The fourth-order valence-electron chi connectivity index (χ4n) is 0.732. The third-order valence-electron chi connectivity index (χ3n) is 1.20. The van der Waals surface area contributed by atoms with Crippen LogP contribution in [0.4, 0.5) is 0 Å². The van der Waals surface area contributed by atoms with Gasteiger partial charge in [-0.2, -0.15) is 0 Å². The molecule has 1 heterocycles. The van der Waals surface area contributed by atoms with E-state index in [1.807, 2.05) is 0 Å². The van der Waals surface area contributed by atoms with Crippen molar-refractivity contribution in [1.29, 1.82) is 0 Å². The number of carboxylic acid groups (broad SMARTS) is 1. The number of hydrogen-bond acceptors (Lipinski definition) is 3. The van der Waals surface area contributed by atoms with Gasteiger partial charge < -0.3 is 15.7 Å². The third kappa shape index (κ3) is 1.82. The molecule has 0 unspecified atom stereocenters. The molecular formula is C6H6N2O4. The molecule has 0 radical (unpaired) electrons. The van der Waals surface area contributed by atoms with Gasteiger partial charge >= 0.3 is 5.97 Å². The molecule has 6 heteroatoms. The molecule has 1 saturated heterocycles. The molecule has 0 atom stereocenters.